The van der Waals surface area contributed by atoms with Crippen LogP contribution in [0.15, 0.2) is 35.4 Å². The van der Waals surface area contributed by atoms with Crippen molar-refractivity contribution in [3.63, 3.8) is 0 Å². The zero-order chi connectivity index (χ0) is 15.1. The SMILES string of the molecule is N/N=C(\NN)C1CCN(C(=O)OCc2ccccc2)CC1. The fraction of sp³-hybridized carbons (Fsp3) is 0.429. The van der Waals surface area contributed by atoms with Gasteiger partial charge in [-0.05, 0) is 18.4 Å². The number of benzene rings is 1. The van der Waals surface area contributed by atoms with E-state index in [2.05, 4.69) is 10.5 Å². The maximum absolute atomic E-state index is 12.0. The van der Waals surface area contributed by atoms with Crippen LogP contribution in [0.2, 0.25) is 0 Å². The molecule has 2 rings (SSSR count). The fourth-order valence-electron chi connectivity index (χ4n) is 2.41. The zero-order valence-electron chi connectivity index (χ0n) is 11.9. The Morgan fingerprint density at radius 1 is 1.33 bits per heavy atom. The summed E-state index contributed by atoms with van der Waals surface area (Å²) in [5.41, 5.74) is 3.48. The van der Waals surface area contributed by atoms with Gasteiger partial charge in [0.25, 0.3) is 0 Å². The third-order valence-electron chi connectivity index (χ3n) is 3.63. The van der Waals surface area contributed by atoms with E-state index >= 15 is 0 Å². The molecule has 1 saturated heterocycles. The molecule has 0 spiro atoms. The summed E-state index contributed by atoms with van der Waals surface area (Å²) in [7, 11) is 0. The Kier molecular flexibility index (Phi) is 5.39. The number of carbonyl (C=O) groups excluding carboxylic acids is 1. The number of ether oxygens (including phenoxy) is 1. The Balaban J connectivity index is 1.78. The molecule has 5 N–H and O–H groups in total. The van der Waals surface area contributed by atoms with Crippen LogP contribution < -0.4 is 17.1 Å². The number of likely N-dealkylation sites (tertiary alicyclic amines) is 1. The number of nitrogens with two attached hydrogens (primary N) is 2. The van der Waals surface area contributed by atoms with Gasteiger partial charge in [-0.1, -0.05) is 30.3 Å². The van der Waals surface area contributed by atoms with E-state index < -0.39 is 0 Å². The molecule has 0 saturated carbocycles. The first-order chi connectivity index (χ1) is 10.2. The third kappa shape index (κ3) is 4.09. The normalized spacial score (nSPS) is 16.6. The maximum atomic E-state index is 12.0. The lowest BCUT2D eigenvalue weighted by atomic mass is 9.96. The van der Waals surface area contributed by atoms with Gasteiger partial charge in [0.2, 0.25) is 0 Å². The Morgan fingerprint density at radius 2 is 2.00 bits per heavy atom. The lowest BCUT2D eigenvalue weighted by molar-refractivity contribution is 0.0862. The van der Waals surface area contributed by atoms with E-state index in [1.165, 1.54) is 0 Å². The van der Waals surface area contributed by atoms with Crippen molar-refractivity contribution in [3.05, 3.63) is 35.9 Å². The van der Waals surface area contributed by atoms with Gasteiger partial charge in [-0.3, -0.25) is 0 Å². The highest BCUT2D eigenvalue weighted by Crippen LogP contribution is 2.18. The Labute approximate surface area is 123 Å². The highest BCUT2D eigenvalue weighted by Gasteiger charge is 2.26. The predicted octanol–water partition coefficient (Wildman–Crippen LogP) is 0.771. The van der Waals surface area contributed by atoms with Gasteiger partial charge in [0.05, 0.1) is 0 Å². The summed E-state index contributed by atoms with van der Waals surface area (Å²) in [4.78, 5) is 13.7. The van der Waals surface area contributed by atoms with Crippen molar-refractivity contribution < 1.29 is 9.53 Å². The average Bonchev–Trinajstić information content (AvgIpc) is 2.55. The summed E-state index contributed by atoms with van der Waals surface area (Å²) in [5.74, 6) is 11.4. The number of piperidine rings is 1. The zero-order valence-corrected chi connectivity index (χ0v) is 11.9. The van der Waals surface area contributed by atoms with Crippen LogP contribution in [0.5, 0.6) is 0 Å². The number of amides is 1. The van der Waals surface area contributed by atoms with Crippen LogP contribution in [0.4, 0.5) is 4.79 Å². The number of hydrogen-bond acceptors (Lipinski definition) is 5. The minimum Gasteiger partial charge on any atom is -0.445 e. The molecule has 1 aromatic rings. The molecule has 21 heavy (non-hydrogen) atoms. The van der Waals surface area contributed by atoms with E-state index in [9.17, 15) is 4.79 Å². The molecule has 0 atom stereocenters. The molecular weight excluding hydrogens is 270 g/mol. The quantitative estimate of drug-likeness (QED) is 0.330. The van der Waals surface area contributed by atoms with E-state index in [1.807, 2.05) is 30.3 Å². The number of hydrogen-bond donors (Lipinski definition) is 3. The molecule has 114 valence electrons. The van der Waals surface area contributed by atoms with Crippen LogP contribution >= 0.6 is 0 Å². The van der Waals surface area contributed by atoms with Crippen molar-refractivity contribution >= 4 is 11.9 Å². The van der Waals surface area contributed by atoms with Crippen molar-refractivity contribution in [1.29, 1.82) is 0 Å². The third-order valence-corrected chi connectivity index (χ3v) is 3.63. The minimum absolute atomic E-state index is 0.165. The van der Waals surface area contributed by atoms with E-state index in [-0.39, 0.29) is 12.0 Å². The molecule has 1 aromatic carbocycles. The van der Waals surface area contributed by atoms with E-state index in [1.54, 1.807) is 4.90 Å². The number of rotatable bonds is 3. The van der Waals surface area contributed by atoms with Gasteiger partial charge in [0.15, 0.2) is 0 Å². The molecule has 0 unspecified atom stereocenters. The van der Waals surface area contributed by atoms with Crippen LogP contribution in [0.1, 0.15) is 18.4 Å². The molecule has 0 aromatic heterocycles. The lowest BCUT2D eigenvalue weighted by Gasteiger charge is -2.31. The van der Waals surface area contributed by atoms with Crippen molar-refractivity contribution in [1.82, 2.24) is 10.3 Å². The lowest BCUT2D eigenvalue weighted by Crippen LogP contribution is -2.45. The highest BCUT2D eigenvalue weighted by molar-refractivity contribution is 5.84. The van der Waals surface area contributed by atoms with Crippen LogP contribution in [-0.2, 0) is 11.3 Å². The smallest absolute Gasteiger partial charge is 0.410 e. The van der Waals surface area contributed by atoms with Crippen LogP contribution in [0.3, 0.4) is 0 Å². The molecule has 1 amide bonds. The number of carbonyl (C=O) groups is 1. The number of amidine groups is 1. The van der Waals surface area contributed by atoms with Crippen molar-refractivity contribution in [2.75, 3.05) is 13.1 Å². The standard InChI is InChI=1S/C14H21N5O2/c15-17-13(18-16)12-6-8-19(9-7-12)14(20)21-10-11-4-2-1-3-5-11/h1-5,12H,6-10,15-16H2,(H,17,18). The molecule has 7 heteroatoms. The van der Waals surface area contributed by atoms with Crippen LogP contribution in [-0.4, -0.2) is 29.9 Å². The summed E-state index contributed by atoms with van der Waals surface area (Å²) in [6.45, 7) is 1.51. The predicted molar refractivity (Wildman–Crippen MR) is 79.9 cm³/mol. The fourth-order valence-corrected chi connectivity index (χ4v) is 2.41. The number of hydrazine groups is 1. The largest absolute Gasteiger partial charge is 0.445 e. The number of nitrogens with zero attached hydrogens (tertiary/aromatic N) is 2. The first-order valence-electron chi connectivity index (χ1n) is 6.94. The molecule has 1 heterocycles. The van der Waals surface area contributed by atoms with Crippen molar-refractivity contribution in [2.45, 2.75) is 19.4 Å². The summed E-state index contributed by atoms with van der Waals surface area (Å²) >= 11 is 0. The van der Waals surface area contributed by atoms with Crippen molar-refractivity contribution in [2.24, 2.45) is 22.7 Å². The van der Waals surface area contributed by atoms with Gasteiger partial charge in [-0.2, -0.15) is 5.10 Å². The molecule has 0 bridgehead atoms. The van der Waals surface area contributed by atoms with Gasteiger partial charge >= 0.3 is 6.09 Å². The first kappa shape index (κ1) is 15.1. The summed E-state index contributed by atoms with van der Waals surface area (Å²) in [5, 5.41) is 3.62. The van der Waals surface area contributed by atoms with Gasteiger partial charge < -0.3 is 20.9 Å². The van der Waals surface area contributed by atoms with E-state index in [0.717, 1.165) is 18.4 Å². The molecular formula is C14H21N5O2. The second-order valence-corrected chi connectivity index (χ2v) is 4.96. The molecule has 1 aliphatic heterocycles. The highest BCUT2D eigenvalue weighted by atomic mass is 16.6. The number of hydrazone groups is 1. The molecule has 1 aliphatic rings. The minimum atomic E-state index is -0.288. The second-order valence-electron chi connectivity index (χ2n) is 4.96. The number of nitrogens with one attached hydrogen (secondary N) is 1. The van der Waals surface area contributed by atoms with E-state index in [4.69, 9.17) is 16.4 Å². The van der Waals surface area contributed by atoms with Gasteiger partial charge in [-0.15, -0.1) is 0 Å². The van der Waals surface area contributed by atoms with Crippen LogP contribution in [0.25, 0.3) is 0 Å². The second kappa shape index (κ2) is 7.49. The average molecular weight is 291 g/mol. The summed E-state index contributed by atoms with van der Waals surface area (Å²) < 4.78 is 5.31. The first-order valence-corrected chi connectivity index (χ1v) is 6.94. The van der Waals surface area contributed by atoms with Gasteiger partial charge in [-0.25, -0.2) is 10.6 Å². The topological polar surface area (TPSA) is 106 Å². The van der Waals surface area contributed by atoms with Gasteiger partial charge in [0.1, 0.15) is 12.4 Å². The van der Waals surface area contributed by atoms with Crippen molar-refractivity contribution in [3.8, 4) is 0 Å². The Morgan fingerprint density at radius 3 is 2.57 bits per heavy atom. The summed E-state index contributed by atoms with van der Waals surface area (Å²) in [6.07, 6.45) is 1.24. The Bertz CT molecular complexity index is 483. The van der Waals surface area contributed by atoms with Gasteiger partial charge in [0, 0.05) is 19.0 Å². The Hall–Kier alpha value is -2.28. The summed E-state index contributed by atoms with van der Waals surface area (Å²) in [6, 6.07) is 9.62. The molecule has 1 fully saturated rings. The molecule has 0 aliphatic carbocycles. The maximum Gasteiger partial charge on any atom is 0.410 e. The van der Waals surface area contributed by atoms with E-state index in [0.29, 0.717) is 25.5 Å². The molecule has 7 nitrogen and oxygen atoms in total. The monoisotopic (exact) mass is 291 g/mol. The van der Waals surface area contributed by atoms with Crippen LogP contribution in [0, 0.1) is 5.92 Å². The molecule has 0 radical (unpaired) electrons.